The normalized spacial score (nSPS) is 13.0. The fraction of sp³-hybridized carbons (Fsp3) is 0.0400. The van der Waals surface area contributed by atoms with Crippen LogP contribution < -0.4 is 9.80 Å². The Balaban J connectivity index is 0.849. The maximum atomic E-state index is 6.38. The van der Waals surface area contributed by atoms with Crippen LogP contribution in [0.2, 0.25) is 0 Å². The van der Waals surface area contributed by atoms with Gasteiger partial charge in [0.05, 0.1) is 0 Å². The summed E-state index contributed by atoms with van der Waals surface area (Å²) in [6.45, 7) is 4.82. The second-order valence-corrected chi connectivity index (χ2v) is 22.0. The molecule has 16 aromatic rings. The summed E-state index contributed by atoms with van der Waals surface area (Å²) in [4.78, 5) is 4.86. The third-order valence-corrected chi connectivity index (χ3v) is 17.3. The minimum Gasteiger partial charge on any atom is -0.456 e. The van der Waals surface area contributed by atoms with Crippen LogP contribution in [0.1, 0.15) is 25.0 Å². The number of para-hydroxylation sites is 2. The van der Waals surface area contributed by atoms with Gasteiger partial charge in [-0.15, -0.1) is 0 Å². The highest BCUT2D eigenvalue weighted by molar-refractivity contribution is 6.19. The van der Waals surface area contributed by atoms with E-state index in [2.05, 4.69) is 266 Å². The molecular weight excluding hydrogens is 961 g/mol. The molecule has 370 valence electrons. The molecule has 0 saturated heterocycles. The Bertz CT molecular complexity index is 5270. The topological polar surface area (TPSA) is 32.8 Å². The second-order valence-electron chi connectivity index (χ2n) is 22.0. The van der Waals surface area contributed by atoms with E-state index in [1.807, 2.05) is 12.1 Å². The van der Waals surface area contributed by atoms with Gasteiger partial charge in [0.25, 0.3) is 0 Å². The van der Waals surface area contributed by atoms with Gasteiger partial charge in [0.1, 0.15) is 22.3 Å². The maximum absolute atomic E-state index is 6.38. The van der Waals surface area contributed by atoms with Crippen LogP contribution in [-0.4, -0.2) is 0 Å². The molecule has 2 heterocycles. The van der Waals surface area contributed by atoms with Gasteiger partial charge in [-0.25, -0.2) is 0 Å². The van der Waals surface area contributed by atoms with Gasteiger partial charge in [-0.1, -0.05) is 166 Å². The van der Waals surface area contributed by atoms with Crippen LogP contribution in [0.5, 0.6) is 0 Å². The van der Waals surface area contributed by atoms with Gasteiger partial charge in [-0.2, -0.15) is 0 Å². The second kappa shape index (κ2) is 16.4. The van der Waals surface area contributed by atoms with Gasteiger partial charge in [-0.05, 0) is 190 Å². The van der Waals surface area contributed by atoms with Gasteiger partial charge in [0, 0.05) is 61.1 Å². The number of benzene rings is 14. The molecule has 4 heteroatoms. The predicted octanol–water partition coefficient (Wildman–Crippen LogP) is 21.7. The lowest BCUT2D eigenvalue weighted by atomic mass is 9.68. The molecule has 1 aliphatic carbocycles. The highest BCUT2D eigenvalue weighted by atomic mass is 16.3. The Morgan fingerprint density at radius 1 is 0.253 bits per heavy atom. The van der Waals surface area contributed by atoms with Crippen molar-refractivity contribution in [2.24, 2.45) is 0 Å². The van der Waals surface area contributed by atoms with E-state index < -0.39 is 0 Å². The molecule has 4 nitrogen and oxygen atoms in total. The van der Waals surface area contributed by atoms with E-state index in [4.69, 9.17) is 8.83 Å². The molecule has 0 saturated carbocycles. The molecule has 0 atom stereocenters. The minimum atomic E-state index is -0.345. The molecule has 17 rings (SSSR count). The summed E-state index contributed by atoms with van der Waals surface area (Å²) in [6, 6.07) is 93.8. The third kappa shape index (κ3) is 6.55. The molecule has 1 aliphatic rings. The number of hydrogen-bond donors (Lipinski definition) is 0. The fourth-order valence-corrected chi connectivity index (χ4v) is 13.5. The Morgan fingerprint density at radius 3 is 1.18 bits per heavy atom. The van der Waals surface area contributed by atoms with Crippen molar-refractivity contribution in [1.29, 1.82) is 0 Å². The van der Waals surface area contributed by atoms with E-state index in [9.17, 15) is 0 Å². The number of nitrogens with zero attached hydrogens (tertiary/aromatic N) is 2. The van der Waals surface area contributed by atoms with Crippen LogP contribution in [0, 0.1) is 0 Å². The number of hydrogen-bond acceptors (Lipinski definition) is 4. The molecule has 14 aromatic carbocycles. The molecule has 79 heavy (non-hydrogen) atoms. The van der Waals surface area contributed by atoms with Crippen molar-refractivity contribution < 1.29 is 8.83 Å². The lowest BCUT2D eigenvalue weighted by Crippen LogP contribution is -2.24. The van der Waals surface area contributed by atoms with Gasteiger partial charge >= 0.3 is 0 Å². The zero-order chi connectivity index (χ0) is 52.1. The molecule has 0 aliphatic heterocycles. The van der Waals surface area contributed by atoms with Crippen LogP contribution in [0.4, 0.5) is 34.1 Å². The zero-order valence-electron chi connectivity index (χ0n) is 43.5. The predicted molar refractivity (Wildman–Crippen MR) is 333 cm³/mol. The van der Waals surface area contributed by atoms with Gasteiger partial charge in [0.15, 0.2) is 0 Å². The van der Waals surface area contributed by atoms with Crippen molar-refractivity contribution in [1.82, 2.24) is 0 Å². The van der Waals surface area contributed by atoms with E-state index in [0.29, 0.717) is 0 Å². The first kappa shape index (κ1) is 44.0. The number of fused-ring (bicyclic) bond motifs is 16. The monoisotopic (exact) mass is 1010 g/mol. The maximum Gasteiger partial charge on any atom is 0.135 e. The highest BCUT2D eigenvalue weighted by Gasteiger charge is 2.35. The summed E-state index contributed by atoms with van der Waals surface area (Å²) in [5.74, 6) is 0. The van der Waals surface area contributed by atoms with Crippen LogP contribution >= 0.6 is 0 Å². The summed E-state index contributed by atoms with van der Waals surface area (Å²) >= 11 is 0. The van der Waals surface area contributed by atoms with Crippen LogP contribution in [0.25, 0.3) is 120 Å². The van der Waals surface area contributed by atoms with E-state index in [0.717, 1.165) is 78.0 Å². The first-order chi connectivity index (χ1) is 38.9. The molecule has 0 amide bonds. The van der Waals surface area contributed by atoms with Crippen molar-refractivity contribution in [3.05, 3.63) is 266 Å². The Kier molecular flexibility index (Phi) is 9.15. The van der Waals surface area contributed by atoms with Crippen molar-refractivity contribution in [2.45, 2.75) is 19.3 Å². The average Bonchev–Trinajstić information content (AvgIpc) is 4.19. The number of anilines is 6. The summed E-state index contributed by atoms with van der Waals surface area (Å²) < 4.78 is 12.8. The molecule has 2 aromatic heterocycles. The average molecular weight is 1010 g/mol. The van der Waals surface area contributed by atoms with Gasteiger partial charge in [-0.3, -0.25) is 0 Å². The van der Waals surface area contributed by atoms with E-state index in [1.54, 1.807) is 0 Å². The lowest BCUT2D eigenvalue weighted by molar-refractivity contribution is 0.645. The first-order valence-corrected chi connectivity index (χ1v) is 27.3. The van der Waals surface area contributed by atoms with Gasteiger partial charge in [0.2, 0.25) is 0 Å². The first-order valence-electron chi connectivity index (χ1n) is 27.3. The molecular formula is C75H48N2O2. The van der Waals surface area contributed by atoms with Gasteiger partial charge < -0.3 is 18.6 Å². The summed E-state index contributed by atoms with van der Waals surface area (Å²) in [5, 5.41) is 19.2. The van der Waals surface area contributed by atoms with Crippen molar-refractivity contribution >= 4 is 143 Å². The van der Waals surface area contributed by atoms with E-state index >= 15 is 0 Å². The smallest absolute Gasteiger partial charge is 0.135 e. The fourth-order valence-electron chi connectivity index (χ4n) is 13.5. The molecule has 0 unspecified atom stereocenters. The van der Waals surface area contributed by atoms with Crippen LogP contribution in [-0.2, 0) is 5.41 Å². The number of rotatable bonds is 6. The SMILES string of the molecule is CC1(C)c2cc(N(c3ccc4ccc5ccccc5c4c3)c3ccc4oc5ccccc5c4c3)ccc2-c2cc3ccc(N(c4ccc5ccc6ccccc6c5c4)c4ccc5oc6ccccc6c5c4)cc3c3cccc1c23. The molecule has 0 spiro atoms. The van der Waals surface area contributed by atoms with Crippen molar-refractivity contribution in [3.8, 4) is 11.1 Å². The van der Waals surface area contributed by atoms with E-state index in [-0.39, 0.29) is 5.41 Å². The summed E-state index contributed by atoms with van der Waals surface area (Å²) in [6.07, 6.45) is 0. The standard InChI is InChI=1S/C75H48N2O2/c1-75(2)68-19-11-18-61-64-41-52(76(53-33-36-72-65(42-53)59-16-7-9-20-70(59)78-72)50-29-26-47-24-22-45-12-3-5-14-56(45)62(47)39-50)31-28-49(64)38-67(74(61)68)58-35-32-55(44-69(58)75)77(54-34-37-73-66(43-54)60-17-8-10-21-71(60)79-73)51-30-27-48-25-23-46-13-4-6-15-57(46)63(48)40-51/h3-44H,1-2H3. The quantitative estimate of drug-likeness (QED) is 0.155. The van der Waals surface area contributed by atoms with Crippen LogP contribution in [0.15, 0.2) is 264 Å². The molecule has 0 radical (unpaired) electrons. The molecule has 0 bridgehead atoms. The summed E-state index contributed by atoms with van der Waals surface area (Å²) in [7, 11) is 0. The Labute approximate surface area is 455 Å². The Morgan fingerprint density at radius 2 is 0.633 bits per heavy atom. The Hall–Kier alpha value is -10.2. The summed E-state index contributed by atoms with van der Waals surface area (Å²) in [5.41, 5.74) is 14.8. The highest BCUT2D eigenvalue weighted by Crippen LogP contribution is 2.53. The van der Waals surface area contributed by atoms with Crippen molar-refractivity contribution in [3.63, 3.8) is 0 Å². The minimum absolute atomic E-state index is 0.345. The van der Waals surface area contributed by atoms with Crippen molar-refractivity contribution in [2.75, 3.05) is 9.80 Å². The molecule has 0 fully saturated rings. The van der Waals surface area contributed by atoms with Crippen LogP contribution in [0.3, 0.4) is 0 Å². The molecule has 0 N–H and O–H groups in total. The zero-order valence-corrected chi connectivity index (χ0v) is 43.5. The van der Waals surface area contributed by atoms with E-state index in [1.165, 1.54) is 86.9 Å². The lowest BCUT2D eigenvalue weighted by Gasteiger charge is -2.37. The largest absolute Gasteiger partial charge is 0.456 e. The third-order valence-electron chi connectivity index (χ3n) is 17.3. The number of furan rings is 2.